The Morgan fingerprint density at radius 2 is 1.95 bits per heavy atom. The summed E-state index contributed by atoms with van der Waals surface area (Å²) in [6.07, 6.45) is 2.16. The lowest BCUT2D eigenvalue weighted by Crippen LogP contribution is -2.16. The van der Waals surface area contributed by atoms with Gasteiger partial charge in [0.1, 0.15) is 5.75 Å². The highest BCUT2D eigenvalue weighted by molar-refractivity contribution is 5.96. The molecule has 3 heteroatoms. The van der Waals surface area contributed by atoms with E-state index >= 15 is 0 Å². The number of anilines is 1. The third kappa shape index (κ3) is 2.65. The number of rotatable bonds is 3. The van der Waals surface area contributed by atoms with Gasteiger partial charge in [0.15, 0.2) is 0 Å². The van der Waals surface area contributed by atoms with Crippen molar-refractivity contribution in [3.63, 3.8) is 0 Å². The second-order valence-corrected chi connectivity index (χ2v) is 6.08. The van der Waals surface area contributed by atoms with Gasteiger partial charge in [0.2, 0.25) is 5.91 Å². The van der Waals surface area contributed by atoms with E-state index in [1.165, 1.54) is 5.57 Å². The fraction of sp³-hybridized carbons (Fsp3) is 0.438. The highest BCUT2D eigenvalue weighted by atomic mass is 16.3. The van der Waals surface area contributed by atoms with Crippen LogP contribution in [-0.2, 0) is 4.79 Å². The topological polar surface area (TPSA) is 49.3 Å². The van der Waals surface area contributed by atoms with Crippen LogP contribution in [0.4, 0.5) is 5.69 Å². The molecule has 1 aromatic rings. The summed E-state index contributed by atoms with van der Waals surface area (Å²) < 4.78 is 0. The van der Waals surface area contributed by atoms with Crippen LogP contribution in [0.3, 0.4) is 0 Å². The van der Waals surface area contributed by atoms with E-state index in [2.05, 4.69) is 25.2 Å². The van der Waals surface area contributed by atoms with Crippen molar-refractivity contribution in [3.05, 3.63) is 35.9 Å². The number of para-hydroxylation sites is 2. The molecule has 0 aliphatic heterocycles. The Morgan fingerprint density at radius 1 is 1.32 bits per heavy atom. The molecule has 0 heterocycles. The Bertz CT molecular complexity index is 527. The van der Waals surface area contributed by atoms with Crippen LogP contribution in [0.5, 0.6) is 5.75 Å². The van der Waals surface area contributed by atoms with Gasteiger partial charge in [-0.15, -0.1) is 0 Å². The van der Waals surface area contributed by atoms with Gasteiger partial charge in [-0.2, -0.15) is 0 Å². The van der Waals surface area contributed by atoms with Gasteiger partial charge in [-0.1, -0.05) is 37.6 Å². The molecule has 102 valence electrons. The second kappa shape index (κ2) is 4.72. The quantitative estimate of drug-likeness (QED) is 0.644. The molecule has 19 heavy (non-hydrogen) atoms. The molecule has 1 aromatic carbocycles. The first kappa shape index (κ1) is 13.7. The summed E-state index contributed by atoms with van der Waals surface area (Å²) in [5, 5.41) is 12.5. The third-order valence-electron chi connectivity index (χ3n) is 3.87. The third-order valence-corrected chi connectivity index (χ3v) is 3.87. The van der Waals surface area contributed by atoms with Crippen LogP contribution in [0.25, 0.3) is 0 Å². The van der Waals surface area contributed by atoms with Crippen LogP contribution < -0.4 is 5.32 Å². The van der Waals surface area contributed by atoms with Crippen molar-refractivity contribution in [1.29, 1.82) is 0 Å². The van der Waals surface area contributed by atoms with E-state index in [-0.39, 0.29) is 28.9 Å². The van der Waals surface area contributed by atoms with E-state index in [0.29, 0.717) is 5.69 Å². The van der Waals surface area contributed by atoms with E-state index in [4.69, 9.17) is 0 Å². The molecule has 0 radical (unpaired) electrons. The summed E-state index contributed by atoms with van der Waals surface area (Å²) in [5.74, 6) is 0.340. The summed E-state index contributed by atoms with van der Waals surface area (Å²) >= 11 is 0. The minimum atomic E-state index is -0.0259. The van der Waals surface area contributed by atoms with Crippen molar-refractivity contribution in [3.8, 4) is 5.75 Å². The smallest absolute Gasteiger partial charge is 0.228 e. The first-order valence-electron chi connectivity index (χ1n) is 6.58. The molecule has 0 bridgehead atoms. The van der Waals surface area contributed by atoms with Gasteiger partial charge in [0.05, 0.1) is 11.6 Å². The average molecular weight is 259 g/mol. The number of hydrogen-bond donors (Lipinski definition) is 2. The Labute approximate surface area is 114 Å². The molecule has 0 unspecified atom stereocenters. The number of carbonyl (C=O) groups is 1. The fourth-order valence-corrected chi connectivity index (χ4v) is 2.64. The normalized spacial score (nSPS) is 23.6. The average Bonchev–Trinajstić information content (AvgIpc) is 2.82. The zero-order chi connectivity index (χ0) is 14.2. The van der Waals surface area contributed by atoms with Crippen molar-refractivity contribution < 1.29 is 9.90 Å². The van der Waals surface area contributed by atoms with Crippen LogP contribution in [0.1, 0.15) is 27.7 Å². The molecule has 0 aromatic heterocycles. The summed E-state index contributed by atoms with van der Waals surface area (Å²) in [6.45, 7) is 8.30. The highest BCUT2D eigenvalue weighted by Gasteiger charge is 2.60. The van der Waals surface area contributed by atoms with Crippen molar-refractivity contribution in [2.75, 3.05) is 5.32 Å². The monoisotopic (exact) mass is 259 g/mol. The Kier molecular flexibility index (Phi) is 3.40. The standard InChI is InChI=1S/C16H21NO2/c1-10(2)9-11-14(16(11,3)4)15(19)17-12-7-5-6-8-13(12)18/h5-9,11,14,18H,1-4H3,(H,17,19)/t11-,14-/m1/s1. The van der Waals surface area contributed by atoms with Crippen LogP contribution in [0.15, 0.2) is 35.9 Å². The van der Waals surface area contributed by atoms with Crippen LogP contribution in [0, 0.1) is 17.3 Å². The number of nitrogens with one attached hydrogen (secondary N) is 1. The minimum absolute atomic E-state index is 0.00818. The molecule has 3 nitrogen and oxygen atoms in total. The molecule has 1 fully saturated rings. The van der Waals surface area contributed by atoms with Crippen LogP contribution in [0.2, 0.25) is 0 Å². The van der Waals surface area contributed by atoms with Gasteiger partial charge in [-0.25, -0.2) is 0 Å². The molecule has 2 rings (SSSR count). The molecular formula is C16H21NO2. The first-order chi connectivity index (χ1) is 8.84. The van der Waals surface area contributed by atoms with Crippen molar-refractivity contribution in [2.24, 2.45) is 17.3 Å². The lowest BCUT2D eigenvalue weighted by molar-refractivity contribution is -0.118. The number of hydrogen-bond acceptors (Lipinski definition) is 2. The Hall–Kier alpha value is -1.77. The summed E-state index contributed by atoms with van der Waals surface area (Å²) in [7, 11) is 0. The minimum Gasteiger partial charge on any atom is -0.506 e. The molecule has 1 aliphatic rings. The number of phenolic OH excluding ortho intramolecular Hbond substituents is 1. The van der Waals surface area contributed by atoms with Crippen LogP contribution >= 0.6 is 0 Å². The lowest BCUT2D eigenvalue weighted by atomic mass is 10.1. The maximum atomic E-state index is 12.3. The van der Waals surface area contributed by atoms with Crippen molar-refractivity contribution in [2.45, 2.75) is 27.7 Å². The van der Waals surface area contributed by atoms with Crippen LogP contribution in [-0.4, -0.2) is 11.0 Å². The molecule has 0 saturated heterocycles. The van der Waals surface area contributed by atoms with E-state index in [9.17, 15) is 9.90 Å². The number of carbonyl (C=O) groups excluding carboxylic acids is 1. The highest BCUT2D eigenvalue weighted by Crippen LogP contribution is 2.59. The van der Waals surface area contributed by atoms with E-state index in [1.54, 1.807) is 24.3 Å². The molecule has 0 spiro atoms. The predicted molar refractivity (Wildman–Crippen MR) is 76.9 cm³/mol. The molecule has 1 saturated carbocycles. The summed E-state index contributed by atoms with van der Waals surface area (Å²) in [4.78, 5) is 12.3. The zero-order valence-corrected chi connectivity index (χ0v) is 11.9. The van der Waals surface area contributed by atoms with Gasteiger partial charge in [0, 0.05) is 0 Å². The van der Waals surface area contributed by atoms with E-state index < -0.39 is 0 Å². The number of benzene rings is 1. The summed E-state index contributed by atoms with van der Waals surface area (Å²) in [6, 6.07) is 6.80. The number of phenols is 1. The van der Waals surface area contributed by atoms with E-state index in [1.807, 2.05) is 13.8 Å². The van der Waals surface area contributed by atoms with Gasteiger partial charge < -0.3 is 10.4 Å². The maximum absolute atomic E-state index is 12.3. The number of amides is 1. The molecule has 2 atom stereocenters. The van der Waals surface area contributed by atoms with Crippen molar-refractivity contribution >= 4 is 11.6 Å². The number of aromatic hydroxyl groups is 1. The molecule has 1 aliphatic carbocycles. The maximum Gasteiger partial charge on any atom is 0.228 e. The Morgan fingerprint density at radius 3 is 2.53 bits per heavy atom. The van der Waals surface area contributed by atoms with Crippen molar-refractivity contribution in [1.82, 2.24) is 0 Å². The first-order valence-corrected chi connectivity index (χ1v) is 6.58. The predicted octanol–water partition coefficient (Wildman–Crippen LogP) is 3.57. The largest absolute Gasteiger partial charge is 0.506 e. The second-order valence-electron chi connectivity index (χ2n) is 6.08. The summed E-state index contributed by atoms with van der Waals surface area (Å²) in [5.41, 5.74) is 1.70. The SMILES string of the molecule is CC(C)=C[C@@H]1[C@H](C(=O)Nc2ccccc2O)C1(C)C. The molecular weight excluding hydrogens is 238 g/mol. The zero-order valence-electron chi connectivity index (χ0n) is 11.9. The Balaban J connectivity index is 2.10. The fourth-order valence-electron chi connectivity index (χ4n) is 2.64. The van der Waals surface area contributed by atoms with Gasteiger partial charge >= 0.3 is 0 Å². The molecule has 2 N–H and O–H groups in total. The van der Waals surface area contributed by atoms with Gasteiger partial charge in [0.25, 0.3) is 0 Å². The number of allylic oxidation sites excluding steroid dienone is 2. The molecule has 1 amide bonds. The van der Waals surface area contributed by atoms with Gasteiger partial charge in [-0.05, 0) is 37.3 Å². The van der Waals surface area contributed by atoms with E-state index in [0.717, 1.165) is 0 Å². The van der Waals surface area contributed by atoms with Gasteiger partial charge in [-0.3, -0.25) is 4.79 Å². The lowest BCUT2D eigenvalue weighted by Gasteiger charge is -2.07.